The van der Waals surface area contributed by atoms with Gasteiger partial charge in [-0.15, -0.1) is 0 Å². The van der Waals surface area contributed by atoms with Crippen LogP contribution < -0.4 is 5.32 Å². The van der Waals surface area contributed by atoms with Crippen molar-refractivity contribution in [1.29, 1.82) is 0 Å². The van der Waals surface area contributed by atoms with Gasteiger partial charge in [-0.3, -0.25) is 4.90 Å². The quantitative estimate of drug-likeness (QED) is 0.733. The summed E-state index contributed by atoms with van der Waals surface area (Å²) in [5.74, 6) is 0. The molecule has 2 nitrogen and oxygen atoms in total. The molecule has 1 saturated heterocycles. The Morgan fingerprint density at radius 2 is 1.69 bits per heavy atom. The van der Waals surface area contributed by atoms with Gasteiger partial charge in [-0.1, -0.05) is 32.1 Å². The predicted molar refractivity (Wildman–Crippen MR) is 67.6 cm³/mol. The molecule has 0 unspecified atom stereocenters. The molecule has 0 bridgehead atoms. The molecule has 16 heavy (non-hydrogen) atoms. The van der Waals surface area contributed by atoms with Crippen molar-refractivity contribution < 1.29 is 0 Å². The zero-order chi connectivity index (χ0) is 10.8. The Bertz CT molecular complexity index is 227. The summed E-state index contributed by atoms with van der Waals surface area (Å²) in [6.45, 7) is 3.80. The minimum Gasteiger partial charge on any atom is -0.314 e. The molecule has 3 aliphatic rings. The Morgan fingerprint density at radius 1 is 0.938 bits per heavy atom. The van der Waals surface area contributed by atoms with E-state index in [9.17, 15) is 0 Å². The van der Waals surface area contributed by atoms with Crippen molar-refractivity contribution in [3.63, 3.8) is 0 Å². The average Bonchev–Trinajstić information content (AvgIpc) is 2.80. The van der Waals surface area contributed by atoms with Gasteiger partial charge in [-0.05, 0) is 25.7 Å². The highest BCUT2D eigenvalue weighted by molar-refractivity contribution is 5.01. The van der Waals surface area contributed by atoms with E-state index < -0.39 is 0 Å². The van der Waals surface area contributed by atoms with Crippen LogP contribution in [0.1, 0.15) is 57.8 Å². The molecule has 3 fully saturated rings. The van der Waals surface area contributed by atoms with Gasteiger partial charge < -0.3 is 5.32 Å². The fraction of sp³-hybridized carbons (Fsp3) is 1.00. The first-order chi connectivity index (χ1) is 7.91. The highest BCUT2D eigenvalue weighted by Gasteiger charge is 2.43. The second-order valence-corrected chi connectivity index (χ2v) is 6.09. The van der Waals surface area contributed by atoms with E-state index in [2.05, 4.69) is 10.2 Å². The third-order valence-electron chi connectivity index (χ3n) is 5.14. The molecule has 0 amide bonds. The minimum absolute atomic E-state index is 0.570. The number of hydrogen-bond acceptors (Lipinski definition) is 2. The molecular weight excluding hydrogens is 196 g/mol. The molecule has 92 valence electrons. The maximum atomic E-state index is 3.64. The summed E-state index contributed by atoms with van der Waals surface area (Å²) in [5.41, 5.74) is 0.570. The predicted octanol–water partition coefficient (Wildman–Crippen LogP) is 2.54. The van der Waals surface area contributed by atoms with Crippen LogP contribution in [0.3, 0.4) is 0 Å². The van der Waals surface area contributed by atoms with Crippen molar-refractivity contribution in [3.05, 3.63) is 0 Å². The maximum Gasteiger partial charge on any atom is 0.0337 e. The summed E-state index contributed by atoms with van der Waals surface area (Å²) < 4.78 is 0. The first-order valence-electron chi connectivity index (χ1n) is 7.38. The van der Waals surface area contributed by atoms with Crippen molar-refractivity contribution in [2.45, 2.75) is 69.4 Å². The van der Waals surface area contributed by atoms with Crippen LogP contribution in [0.15, 0.2) is 0 Å². The Balaban J connectivity index is 1.74. The van der Waals surface area contributed by atoms with E-state index in [1.54, 1.807) is 0 Å². The van der Waals surface area contributed by atoms with E-state index >= 15 is 0 Å². The number of nitrogens with one attached hydrogen (secondary N) is 1. The summed E-state index contributed by atoms with van der Waals surface area (Å²) in [6.07, 6.45) is 13.2. The lowest BCUT2D eigenvalue weighted by Crippen LogP contribution is -2.63. The first kappa shape index (κ1) is 11.0. The number of piperazine rings is 1. The monoisotopic (exact) mass is 222 g/mol. The maximum absolute atomic E-state index is 3.64. The molecule has 0 aromatic heterocycles. The summed E-state index contributed by atoms with van der Waals surface area (Å²) in [6, 6.07) is 0.925. The van der Waals surface area contributed by atoms with Gasteiger partial charge in [0.15, 0.2) is 0 Å². The lowest BCUT2D eigenvalue weighted by atomic mass is 9.86. The van der Waals surface area contributed by atoms with Gasteiger partial charge in [0.05, 0.1) is 0 Å². The Labute approximate surface area is 99.8 Å². The normalized spacial score (nSPS) is 32.2. The highest BCUT2D eigenvalue weighted by Crippen LogP contribution is 2.39. The van der Waals surface area contributed by atoms with E-state index in [1.807, 2.05) is 0 Å². The van der Waals surface area contributed by atoms with Crippen LogP contribution in [0.25, 0.3) is 0 Å². The fourth-order valence-corrected chi connectivity index (χ4v) is 4.32. The van der Waals surface area contributed by atoms with E-state index in [0.29, 0.717) is 5.54 Å². The molecule has 1 heterocycles. The third kappa shape index (κ3) is 1.91. The van der Waals surface area contributed by atoms with Crippen molar-refractivity contribution in [3.8, 4) is 0 Å². The topological polar surface area (TPSA) is 15.3 Å². The number of hydrogen-bond donors (Lipinski definition) is 1. The first-order valence-corrected chi connectivity index (χ1v) is 7.38. The summed E-state index contributed by atoms with van der Waals surface area (Å²) in [7, 11) is 0. The van der Waals surface area contributed by atoms with Crippen LogP contribution >= 0.6 is 0 Å². The average molecular weight is 222 g/mol. The van der Waals surface area contributed by atoms with Crippen LogP contribution in [0.4, 0.5) is 0 Å². The van der Waals surface area contributed by atoms with Crippen LogP contribution in [-0.4, -0.2) is 36.1 Å². The highest BCUT2D eigenvalue weighted by atomic mass is 15.3. The van der Waals surface area contributed by atoms with Gasteiger partial charge in [0, 0.05) is 31.2 Å². The van der Waals surface area contributed by atoms with E-state index in [0.717, 1.165) is 6.04 Å². The number of rotatable bonds is 1. The second-order valence-electron chi connectivity index (χ2n) is 6.09. The van der Waals surface area contributed by atoms with Crippen molar-refractivity contribution >= 4 is 0 Å². The Hall–Kier alpha value is -0.0800. The van der Waals surface area contributed by atoms with E-state index in [4.69, 9.17) is 0 Å². The lowest BCUT2D eigenvalue weighted by molar-refractivity contribution is 0.00900. The van der Waals surface area contributed by atoms with Crippen molar-refractivity contribution in [2.24, 2.45) is 0 Å². The van der Waals surface area contributed by atoms with Gasteiger partial charge in [0.25, 0.3) is 0 Å². The molecule has 2 aliphatic carbocycles. The van der Waals surface area contributed by atoms with Gasteiger partial charge in [-0.25, -0.2) is 0 Å². The van der Waals surface area contributed by atoms with E-state index in [-0.39, 0.29) is 0 Å². The molecule has 2 heteroatoms. The van der Waals surface area contributed by atoms with Gasteiger partial charge in [-0.2, -0.15) is 0 Å². The number of nitrogens with zero attached hydrogens (tertiary/aromatic N) is 1. The largest absolute Gasteiger partial charge is 0.314 e. The second kappa shape index (κ2) is 4.66. The van der Waals surface area contributed by atoms with E-state index in [1.165, 1.54) is 77.4 Å². The molecule has 0 atom stereocenters. The van der Waals surface area contributed by atoms with Gasteiger partial charge in [0.1, 0.15) is 0 Å². The molecule has 0 aromatic carbocycles. The Morgan fingerprint density at radius 3 is 2.44 bits per heavy atom. The third-order valence-corrected chi connectivity index (χ3v) is 5.14. The summed E-state index contributed by atoms with van der Waals surface area (Å²) in [4.78, 5) is 2.93. The minimum atomic E-state index is 0.570. The lowest BCUT2D eigenvalue weighted by Gasteiger charge is -2.50. The van der Waals surface area contributed by atoms with Crippen LogP contribution in [-0.2, 0) is 0 Å². The standard InChI is InChI=1S/C14H26N2/c1-2-6-13(7-3-1)16-11-10-15-12-14(16)8-4-5-9-14/h13,15H,1-12H2. The Kier molecular flexibility index (Phi) is 3.21. The smallest absolute Gasteiger partial charge is 0.0337 e. The summed E-state index contributed by atoms with van der Waals surface area (Å²) >= 11 is 0. The molecule has 1 N–H and O–H groups in total. The molecule has 3 rings (SSSR count). The zero-order valence-corrected chi connectivity index (χ0v) is 10.5. The van der Waals surface area contributed by atoms with Crippen molar-refractivity contribution in [1.82, 2.24) is 10.2 Å². The molecule has 2 saturated carbocycles. The van der Waals surface area contributed by atoms with Crippen LogP contribution in [0.5, 0.6) is 0 Å². The zero-order valence-electron chi connectivity index (χ0n) is 10.5. The van der Waals surface area contributed by atoms with Gasteiger partial charge >= 0.3 is 0 Å². The molecule has 0 aromatic rings. The van der Waals surface area contributed by atoms with Gasteiger partial charge in [0.2, 0.25) is 0 Å². The molecule has 0 radical (unpaired) electrons. The summed E-state index contributed by atoms with van der Waals surface area (Å²) in [5, 5.41) is 3.64. The van der Waals surface area contributed by atoms with Crippen LogP contribution in [0, 0.1) is 0 Å². The molecule has 1 spiro atoms. The van der Waals surface area contributed by atoms with Crippen LogP contribution in [0.2, 0.25) is 0 Å². The van der Waals surface area contributed by atoms with Crippen molar-refractivity contribution in [2.75, 3.05) is 19.6 Å². The molecule has 1 aliphatic heterocycles. The SMILES string of the molecule is C1CCC(N2CCNCC23CCCC3)CC1. The molecular formula is C14H26N2. The fourth-order valence-electron chi connectivity index (χ4n) is 4.32.